The van der Waals surface area contributed by atoms with Gasteiger partial charge in [-0.2, -0.15) is 0 Å². The van der Waals surface area contributed by atoms with Crippen molar-refractivity contribution in [3.63, 3.8) is 0 Å². The highest BCUT2D eigenvalue weighted by atomic mass is 16.2. The van der Waals surface area contributed by atoms with Crippen LogP contribution >= 0.6 is 0 Å². The van der Waals surface area contributed by atoms with Crippen LogP contribution in [0.3, 0.4) is 0 Å². The van der Waals surface area contributed by atoms with Crippen LogP contribution in [-0.2, 0) is 4.79 Å². The molecule has 5 nitrogen and oxygen atoms in total. The molecule has 0 aliphatic heterocycles. The molecule has 0 spiro atoms. The van der Waals surface area contributed by atoms with Crippen LogP contribution in [0.1, 0.15) is 44.1 Å². The molecule has 0 radical (unpaired) electrons. The third kappa shape index (κ3) is 3.78. The summed E-state index contributed by atoms with van der Waals surface area (Å²) < 4.78 is 0. The average Bonchev–Trinajstić information content (AvgIpc) is 3.22. The van der Waals surface area contributed by atoms with E-state index in [1.807, 2.05) is 25.1 Å². The van der Waals surface area contributed by atoms with Crippen molar-refractivity contribution in [2.75, 3.05) is 10.6 Å². The van der Waals surface area contributed by atoms with Crippen LogP contribution in [0, 0.1) is 12.8 Å². The van der Waals surface area contributed by atoms with Crippen LogP contribution < -0.4 is 16.0 Å². The van der Waals surface area contributed by atoms with Crippen molar-refractivity contribution in [2.24, 2.45) is 5.92 Å². The summed E-state index contributed by atoms with van der Waals surface area (Å²) in [4.78, 5) is 23.9. The van der Waals surface area contributed by atoms with Gasteiger partial charge in [-0.25, -0.2) is 4.79 Å². The summed E-state index contributed by atoms with van der Waals surface area (Å²) in [5, 5.41) is 8.81. The lowest BCUT2D eigenvalue weighted by molar-refractivity contribution is -0.117. The summed E-state index contributed by atoms with van der Waals surface area (Å²) in [6, 6.07) is 5.73. The second kappa shape index (κ2) is 6.38. The van der Waals surface area contributed by atoms with E-state index in [9.17, 15) is 9.59 Å². The zero-order valence-electron chi connectivity index (χ0n) is 12.9. The van der Waals surface area contributed by atoms with Gasteiger partial charge in [-0.15, -0.1) is 0 Å². The third-order valence-corrected chi connectivity index (χ3v) is 4.39. The van der Waals surface area contributed by atoms with E-state index in [0.29, 0.717) is 0 Å². The van der Waals surface area contributed by atoms with Crippen molar-refractivity contribution in [1.29, 1.82) is 0 Å². The Morgan fingerprint density at radius 2 is 1.77 bits per heavy atom. The van der Waals surface area contributed by atoms with Gasteiger partial charge in [-0.05, 0) is 50.3 Å². The molecule has 0 atom stereocenters. The summed E-state index contributed by atoms with van der Waals surface area (Å²) in [5.41, 5.74) is 2.45. The smallest absolute Gasteiger partial charge is 0.319 e. The topological polar surface area (TPSA) is 70.2 Å². The number of carbonyl (C=O) groups is 2. The number of benzene rings is 1. The maximum atomic E-state index is 12.1. The average molecular weight is 301 g/mol. The highest BCUT2D eigenvalue weighted by molar-refractivity contribution is 5.96. The van der Waals surface area contributed by atoms with Crippen molar-refractivity contribution in [3.8, 4) is 0 Å². The Balaban J connectivity index is 1.61. The van der Waals surface area contributed by atoms with E-state index in [0.717, 1.165) is 42.6 Å². The Bertz CT molecular complexity index is 575. The summed E-state index contributed by atoms with van der Waals surface area (Å²) in [6.45, 7) is 1.94. The molecule has 118 valence electrons. The Morgan fingerprint density at radius 3 is 2.45 bits per heavy atom. The molecule has 22 heavy (non-hydrogen) atoms. The van der Waals surface area contributed by atoms with Crippen LogP contribution in [0.2, 0.25) is 0 Å². The molecule has 0 saturated heterocycles. The first kappa shape index (κ1) is 14.9. The van der Waals surface area contributed by atoms with Gasteiger partial charge in [-0.1, -0.05) is 18.9 Å². The number of carbonyl (C=O) groups excluding carboxylic acids is 2. The monoisotopic (exact) mass is 301 g/mol. The van der Waals surface area contributed by atoms with Crippen molar-refractivity contribution >= 4 is 23.3 Å². The first-order valence-corrected chi connectivity index (χ1v) is 8.11. The van der Waals surface area contributed by atoms with Crippen LogP contribution in [0.15, 0.2) is 18.2 Å². The zero-order chi connectivity index (χ0) is 15.5. The van der Waals surface area contributed by atoms with Crippen molar-refractivity contribution in [3.05, 3.63) is 23.8 Å². The van der Waals surface area contributed by atoms with E-state index in [2.05, 4.69) is 16.0 Å². The lowest BCUT2D eigenvalue weighted by Gasteiger charge is -2.15. The number of amides is 3. The van der Waals surface area contributed by atoms with Crippen LogP contribution in [0.4, 0.5) is 16.2 Å². The number of urea groups is 1. The normalized spacial score (nSPS) is 18.0. The number of hydrogen-bond acceptors (Lipinski definition) is 2. The molecular weight excluding hydrogens is 278 g/mol. The van der Waals surface area contributed by atoms with E-state index < -0.39 is 0 Å². The Kier molecular flexibility index (Phi) is 4.32. The van der Waals surface area contributed by atoms with E-state index in [-0.39, 0.29) is 23.9 Å². The van der Waals surface area contributed by atoms with Crippen LogP contribution in [-0.4, -0.2) is 18.0 Å². The summed E-state index contributed by atoms with van der Waals surface area (Å²) in [7, 11) is 0. The van der Waals surface area contributed by atoms with E-state index >= 15 is 0 Å². The summed E-state index contributed by atoms with van der Waals surface area (Å²) in [5.74, 6) is 0.244. The van der Waals surface area contributed by atoms with Gasteiger partial charge in [-0.3, -0.25) is 4.79 Å². The molecule has 2 aliphatic carbocycles. The molecule has 3 N–H and O–H groups in total. The van der Waals surface area contributed by atoms with Crippen LogP contribution in [0.25, 0.3) is 0 Å². The van der Waals surface area contributed by atoms with Crippen molar-refractivity contribution in [1.82, 2.24) is 5.32 Å². The second-order valence-corrected chi connectivity index (χ2v) is 6.37. The molecule has 0 unspecified atom stereocenters. The number of anilines is 2. The van der Waals surface area contributed by atoms with E-state index in [4.69, 9.17) is 0 Å². The van der Waals surface area contributed by atoms with E-state index in [1.54, 1.807) is 0 Å². The molecule has 2 saturated carbocycles. The first-order valence-electron chi connectivity index (χ1n) is 8.11. The number of hydrogen-bond donors (Lipinski definition) is 3. The van der Waals surface area contributed by atoms with Gasteiger partial charge in [0.2, 0.25) is 5.91 Å². The summed E-state index contributed by atoms with van der Waals surface area (Å²) >= 11 is 0. The van der Waals surface area contributed by atoms with Gasteiger partial charge in [0, 0.05) is 23.3 Å². The maximum absolute atomic E-state index is 12.1. The van der Waals surface area contributed by atoms with Gasteiger partial charge in [0.1, 0.15) is 0 Å². The Hall–Kier alpha value is -2.04. The molecule has 2 aliphatic rings. The maximum Gasteiger partial charge on any atom is 0.319 e. The molecular formula is C17H23N3O2. The molecule has 3 rings (SSSR count). The lowest BCUT2D eigenvalue weighted by Crippen LogP contribution is -2.36. The van der Waals surface area contributed by atoms with Gasteiger partial charge in [0.25, 0.3) is 0 Å². The van der Waals surface area contributed by atoms with Gasteiger partial charge < -0.3 is 16.0 Å². The molecule has 1 aromatic carbocycles. The number of nitrogens with one attached hydrogen (secondary N) is 3. The highest BCUT2D eigenvalue weighted by Crippen LogP contribution is 2.30. The largest absolute Gasteiger partial charge is 0.335 e. The predicted molar refractivity (Wildman–Crippen MR) is 86.9 cm³/mol. The Labute approximate surface area is 130 Å². The highest BCUT2D eigenvalue weighted by Gasteiger charge is 2.29. The molecule has 3 amide bonds. The summed E-state index contributed by atoms with van der Waals surface area (Å²) in [6.07, 6.45) is 6.45. The quantitative estimate of drug-likeness (QED) is 0.797. The molecule has 0 heterocycles. The fraction of sp³-hybridized carbons (Fsp3) is 0.529. The van der Waals surface area contributed by atoms with Crippen molar-refractivity contribution in [2.45, 2.75) is 51.5 Å². The molecule has 0 aromatic heterocycles. The van der Waals surface area contributed by atoms with Crippen LogP contribution in [0.5, 0.6) is 0 Å². The fourth-order valence-electron chi connectivity index (χ4n) is 2.84. The minimum atomic E-state index is -0.166. The van der Waals surface area contributed by atoms with Gasteiger partial charge in [0.05, 0.1) is 0 Å². The predicted octanol–water partition coefficient (Wildman–Crippen LogP) is 3.41. The molecule has 0 bridgehead atoms. The van der Waals surface area contributed by atoms with Crippen molar-refractivity contribution < 1.29 is 9.59 Å². The molecule has 1 aromatic rings. The zero-order valence-corrected chi connectivity index (χ0v) is 12.9. The first-order chi connectivity index (χ1) is 10.6. The molecule has 2 fully saturated rings. The standard InChI is InChI=1S/C17H23N3O2/c1-11-6-9-14(18-16(21)12-7-8-12)10-15(11)20-17(22)19-13-4-2-3-5-13/h6,9-10,12-13H,2-5,7-8H2,1H3,(H,18,21)(H2,19,20,22). The van der Waals surface area contributed by atoms with Gasteiger partial charge in [0.15, 0.2) is 0 Å². The molecule has 5 heteroatoms. The lowest BCUT2D eigenvalue weighted by atomic mass is 10.1. The second-order valence-electron chi connectivity index (χ2n) is 6.37. The minimum absolute atomic E-state index is 0.0743. The Morgan fingerprint density at radius 1 is 1.05 bits per heavy atom. The van der Waals surface area contributed by atoms with E-state index in [1.165, 1.54) is 12.8 Å². The SMILES string of the molecule is Cc1ccc(NC(=O)C2CC2)cc1NC(=O)NC1CCCC1. The fourth-order valence-corrected chi connectivity index (χ4v) is 2.84. The number of aryl methyl sites for hydroxylation is 1. The minimum Gasteiger partial charge on any atom is -0.335 e. The van der Waals surface area contributed by atoms with Gasteiger partial charge >= 0.3 is 6.03 Å². The number of rotatable bonds is 4. The third-order valence-electron chi connectivity index (χ3n) is 4.39.